The summed E-state index contributed by atoms with van der Waals surface area (Å²) >= 11 is 1.78. The van der Waals surface area contributed by atoms with E-state index in [1.54, 1.807) is 11.8 Å². The maximum absolute atomic E-state index is 10.9. The molecule has 0 radical (unpaired) electrons. The van der Waals surface area contributed by atoms with Crippen LogP contribution in [0.25, 0.3) is 0 Å². The van der Waals surface area contributed by atoms with Crippen LogP contribution in [0.15, 0.2) is 0 Å². The van der Waals surface area contributed by atoms with Crippen molar-refractivity contribution in [2.75, 3.05) is 18.6 Å². The molecule has 1 rings (SSSR count). The molecule has 1 unspecified atom stereocenters. The lowest BCUT2D eigenvalue weighted by Gasteiger charge is -2.08. The first-order chi connectivity index (χ1) is 5.74. The molecule has 1 saturated heterocycles. The van der Waals surface area contributed by atoms with Crippen molar-refractivity contribution in [2.45, 2.75) is 12.5 Å². The highest BCUT2D eigenvalue weighted by atomic mass is 32.2. The molecule has 0 spiro atoms. The monoisotopic (exact) mass is 189 g/mol. The number of carbonyl (C=O) groups excluding carboxylic acids is 2. The number of nitrogens with one attached hydrogen (secondary N) is 1. The molecule has 1 heterocycles. The molecule has 1 amide bonds. The molecule has 1 aliphatic rings. The van der Waals surface area contributed by atoms with Gasteiger partial charge in [0.2, 0.25) is 0 Å². The average molecular weight is 189 g/mol. The van der Waals surface area contributed by atoms with Gasteiger partial charge in [-0.1, -0.05) is 0 Å². The van der Waals surface area contributed by atoms with Crippen LogP contribution in [0.3, 0.4) is 0 Å². The molecular weight excluding hydrogens is 178 g/mol. The molecule has 0 aromatic rings. The third-order valence-corrected chi connectivity index (χ3v) is 2.80. The van der Waals surface area contributed by atoms with Crippen molar-refractivity contribution < 1.29 is 14.3 Å². The average Bonchev–Trinajstić information content (AvgIpc) is 2.55. The van der Waals surface area contributed by atoms with Gasteiger partial charge < -0.3 is 10.1 Å². The SMILES string of the molecule is COC(=O)C(=O)NC1CCSC1. The van der Waals surface area contributed by atoms with E-state index >= 15 is 0 Å². The Bertz CT molecular complexity index is 189. The van der Waals surface area contributed by atoms with Gasteiger partial charge in [-0.25, -0.2) is 4.79 Å². The first kappa shape index (κ1) is 9.38. The summed E-state index contributed by atoms with van der Waals surface area (Å²) in [5, 5.41) is 2.60. The summed E-state index contributed by atoms with van der Waals surface area (Å²) in [6, 6.07) is 0.140. The number of methoxy groups -OCH3 is 1. The summed E-state index contributed by atoms with van der Waals surface area (Å²) in [5.41, 5.74) is 0. The number of rotatable bonds is 1. The zero-order valence-electron chi connectivity index (χ0n) is 6.83. The van der Waals surface area contributed by atoms with Gasteiger partial charge >= 0.3 is 11.9 Å². The Kier molecular flexibility index (Phi) is 3.40. The molecule has 0 bridgehead atoms. The second kappa shape index (κ2) is 4.35. The molecule has 4 nitrogen and oxygen atoms in total. The molecule has 1 atom stereocenters. The smallest absolute Gasteiger partial charge is 0.396 e. The lowest BCUT2D eigenvalue weighted by molar-refractivity contribution is -0.153. The van der Waals surface area contributed by atoms with E-state index in [2.05, 4.69) is 10.1 Å². The fourth-order valence-corrected chi connectivity index (χ4v) is 2.14. The van der Waals surface area contributed by atoms with Crippen LogP contribution in [-0.4, -0.2) is 36.5 Å². The van der Waals surface area contributed by atoms with E-state index in [-0.39, 0.29) is 6.04 Å². The highest BCUT2D eigenvalue weighted by Gasteiger charge is 2.21. The summed E-state index contributed by atoms with van der Waals surface area (Å²) in [4.78, 5) is 21.6. The van der Waals surface area contributed by atoms with E-state index in [1.165, 1.54) is 7.11 Å². The molecule has 1 aliphatic heterocycles. The fraction of sp³-hybridized carbons (Fsp3) is 0.714. The number of amides is 1. The highest BCUT2D eigenvalue weighted by Crippen LogP contribution is 2.16. The Hall–Kier alpha value is -0.710. The van der Waals surface area contributed by atoms with Gasteiger partial charge in [0.05, 0.1) is 7.11 Å². The van der Waals surface area contributed by atoms with E-state index in [0.717, 1.165) is 17.9 Å². The molecule has 0 aromatic carbocycles. The third kappa shape index (κ3) is 2.41. The quantitative estimate of drug-likeness (QED) is 0.458. The van der Waals surface area contributed by atoms with Crippen molar-refractivity contribution in [3.63, 3.8) is 0 Å². The number of esters is 1. The van der Waals surface area contributed by atoms with Gasteiger partial charge in [0.15, 0.2) is 0 Å². The maximum atomic E-state index is 10.9. The van der Waals surface area contributed by atoms with Crippen molar-refractivity contribution in [1.29, 1.82) is 0 Å². The zero-order chi connectivity index (χ0) is 8.97. The number of ether oxygens (including phenoxy) is 1. The van der Waals surface area contributed by atoms with Crippen LogP contribution < -0.4 is 5.32 Å². The van der Waals surface area contributed by atoms with Crippen LogP contribution in [0.2, 0.25) is 0 Å². The first-order valence-electron chi connectivity index (χ1n) is 3.70. The van der Waals surface area contributed by atoms with Crippen LogP contribution in [0.4, 0.5) is 0 Å². The van der Waals surface area contributed by atoms with Crippen LogP contribution >= 0.6 is 11.8 Å². The second-order valence-corrected chi connectivity index (χ2v) is 3.68. The van der Waals surface area contributed by atoms with Gasteiger partial charge in [0.25, 0.3) is 0 Å². The molecular formula is C7H11NO3S. The highest BCUT2D eigenvalue weighted by molar-refractivity contribution is 7.99. The number of thioether (sulfide) groups is 1. The molecule has 0 aliphatic carbocycles. The van der Waals surface area contributed by atoms with E-state index in [0.29, 0.717) is 0 Å². The van der Waals surface area contributed by atoms with Gasteiger partial charge in [-0.15, -0.1) is 0 Å². The predicted octanol–water partition coefficient (Wildman–Crippen LogP) is -0.219. The van der Waals surface area contributed by atoms with E-state index in [4.69, 9.17) is 0 Å². The molecule has 5 heteroatoms. The molecule has 12 heavy (non-hydrogen) atoms. The first-order valence-corrected chi connectivity index (χ1v) is 4.86. The minimum absolute atomic E-state index is 0.140. The van der Waals surface area contributed by atoms with Crippen LogP contribution in [0.1, 0.15) is 6.42 Å². The van der Waals surface area contributed by atoms with Gasteiger partial charge in [-0.05, 0) is 12.2 Å². The Balaban J connectivity index is 2.29. The van der Waals surface area contributed by atoms with Crippen LogP contribution in [0, 0.1) is 0 Å². The molecule has 0 saturated carbocycles. The summed E-state index contributed by atoms with van der Waals surface area (Å²) in [6.07, 6.45) is 0.938. The van der Waals surface area contributed by atoms with Gasteiger partial charge in [-0.2, -0.15) is 11.8 Å². The molecule has 0 aromatic heterocycles. The summed E-state index contributed by atoms with van der Waals surface area (Å²) in [7, 11) is 1.20. The van der Waals surface area contributed by atoms with Gasteiger partial charge in [0.1, 0.15) is 0 Å². The number of hydrogen-bond acceptors (Lipinski definition) is 4. The van der Waals surface area contributed by atoms with Crippen molar-refractivity contribution in [3.05, 3.63) is 0 Å². The zero-order valence-corrected chi connectivity index (χ0v) is 7.65. The minimum atomic E-state index is -0.813. The summed E-state index contributed by atoms with van der Waals surface area (Å²) < 4.78 is 4.26. The second-order valence-electron chi connectivity index (χ2n) is 2.53. The summed E-state index contributed by atoms with van der Waals surface area (Å²) in [6.45, 7) is 0. The van der Waals surface area contributed by atoms with Crippen molar-refractivity contribution in [3.8, 4) is 0 Å². The van der Waals surface area contributed by atoms with Gasteiger partial charge in [-0.3, -0.25) is 4.79 Å². The summed E-state index contributed by atoms with van der Waals surface area (Å²) in [5.74, 6) is 0.492. The minimum Gasteiger partial charge on any atom is -0.462 e. The fourth-order valence-electron chi connectivity index (χ4n) is 0.985. The Labute approximate surface area is 75.0 Å². The van der Waals surface area contributed by atoms with Crippen molar-refractivity contribution in [1.82, 2.24) is 5.32 Å². The maximum Gasteiger partial charge on any atom is 0.396 e. The Morgan fingerprint density at radius 1 is 1.58 bits per heavy atom. The largest absolute Gasteiger partial charge is 0.462 e. The molecule has 1 N–H and O–H groups in total. The Morgan fingerprint density at radius 3 is 2.83 bits per heavy atom. The van der Waals surface area contributed by atoms with E-state index in [9.17, 15) is 9.59 Å². The van der Waals surface area contributed by atoms with Crippen molar-refractivity contribution in [2.24, 2.45) is 0 Å². The number of hydrogen-bond donors (Lipinski definition) is 1. The van der Waals surface area contributed by atoms with Crippen LogP contribution in [0.5, 0.6) is 0 Å². The normalized spacial score (nSPS) is 21.9. The standard InChI is InChI=1S/C7H11NO3S/c1-11-7(10)6(9)8-5-2-3-12-4-5/h5H,2-4H2,1H3,(H,8,9). The lowest BCUT2D eigenvalue weighted by atomic mass is 10.2. The predicted molar refractivity (Wildman–Crippen MR) is 45.9 cm³/mol. The van der Waals surface area contributed by atoms with Crippen LogP contribution in [-0.2, 0) is 14.3 Å². The van der Waals surface area contributed by atoms with Gasteiger partial charge in [0, 0.05) is 11.8 Å². The van der Waals surface area contributed by atoms with E-state index in [1.807, 2.05) is 0 Å². The molecule has 1 fully saturated rings. The van der Waals surface area contributed by atoms with Crippen molar-refractivity contribution >= 4 is 23.6 Å². The number of carbonyl (C=O) groups is 2. The molecule has 68 valence electrons. The topological polar surface area (TPSA) is 55.4 Å². The third-order valence-electron chi connectivity index (χ3n) is 1.64. The van der Waals surface area contributed by atoms with E-state index < -0.39 is 11.9 Å². The lowest BCUT2D eigenvalue weighted by Crippen LogP contribution is -2.39. The Morgan fingerprint density at radius 2 is 2.33 bits per heavy atom.